The summed E-state index contributed by atoms with van der Waals surface area (Å²) in [6.07, 6.45) is 2.56. The van der Waals surface area contributed by atoms with Crippen LogP contribution in [0.4, 0.5) is 17.5 Å². The third kappa shape index (κ3) is 4.43. The second kappa shape index (κ2) is 8.54. The van der Waals surface area contributed by atoms with Gasteiger partial charge >= 0.3 is 0 Å². The molecule has 0 fully saturated rings. The van der Waals surface area contributed by atoms with Gasteiger partial charge in [0.15, 0.2) is 0 Å². The molecule has 0 spiro atoms. The molecular weight excluding hydrogens is 348 g/mol. The molecule has 0 aliphatic rings. The van der Waals surface area contributed by atoms with E-state index in [4.69, 9.17) is 16.3 Å². The molecule has 0 atom stereocenters. The molecule has 0 amide bonds. The van der Waals surface area contributed by atoms with Crippen molar-refractivity contribution in [3.05, 3.63) is 70.9 Å². The predicted octanol–water partition coefficient (Wildman–Crippen LogP) is 4.85. The number of nitrogens with zero attached hydrogens (tertiary/aromatic N) is 2. The van der Waals surface area contributed by atoms with Gasteiger partial charge in [0.25, 0.3) is 0 Å². The van der Waals surface area contributed by atoms with E-state index in [9.17, 15) is 0 Å². The molecule has 2 N–H and O–H groups in total. The predicted molar refractivity (Wildman–Crippen MR) is 107 cm³/mol. The van der Waals surface area contributed by atoms with Gasteiger partial charge in [0, 0.05) is 23.5 Å². The van der Waals surface area contributed by atoms with Gasteiger partial charge in [-0.15, -0.1) is 0 Å². The van der Waals surface area contributed by atoms with Crippen molar-refractivity contribution in [1.29, 1.82) is 0 Å². The van der Waals surface area contributed by atoms with Crippen LogP contribution in [0.2, 0.25) is 5.02 Å². The second-order valence-electron chi connectivity index (χ2n) is 5.79. The maximum absolute atomic E-state index is 6.16. The summed E-state index contributed by atoms with van der Waals surface area (Å²) in [6, 6.07) is 15.6. The van der Waals surface area contributed by atoms with Gasteiger partial charge in [-0.3, -0.25) is 0 Å². The van der Waals surface area contributed by atoms with Crippen LogP contribution in [-0.2, 0) is 6.42 Å². The van der Waals surface area contributed by atoms with E-state index >= 15 is 0 Å². The molecule has 3 rings (SSSR count). The van der Waals surface area contributed by atoms with E-state index in [2.05, 4.69) is 26.7 Å². The first-order valence-corrected chi connectivity index (χ1v) is 8.76. The molecule has 5 nitrogen and oxygen atoms in total. The molecule has 0 bridgehead atoms. The molecule has 0 aliphatic carbocycles. The van der Waals surface area contributed by atoms with Crippen molar-refractivity contribution in [2.45, 2.75) is 13.3 Å². The number of hydrogen-bond donors (Lipinski definition) is 2. The Morgan fingerprint density at radius 1 is 1.08 bits per heavy atom. The van der Waals surface area contributed by atoms with Crippen LogP contribution in [0.3, 0.4) is 0 Å². The van der Waals surface area contributed by atoms with Crippen molar-refractivity contribution < 1.29 is 4.74 Å². The summed E-state index contributed by atoms with van der Waals surface area (Å²) in [5.74, 6) is 2.19. The van der Waals surface area contributed by atoms with E-state index in [1.807, 2.05) is 49.4 Å². The molecule has 6 heteroatoms. The second-order valence-corrected chi connectivity index (χ2v) is 6.20. The average molecular weight is 369 g/mol. The lowest BCUT2D eigenvalue weighted by atomic mass is 10.1. The normalized spacial score (nSPS) is 10.4. The Hall–Kier alpha value is -2.79. The standard InChI is InChI=1S/C20H21ClN4O/c1-14-16(21)7-5-8-17(14)24-20-23-13-11-19(25-20)22-12-10-15-6-3-4-9-18(15)26-2/h3-9,11,13H,10,12H2,1-2H3,(H2,22,23,24,25). The minimum atomic E-state index is 0.526. The lowest BCUT2D eigenvalue weighted by Crippen LogP contribution is -2.08. The average Bonchev–Trinajstić information content (AvgIpc) is 2.66. The quantitative estimate of drug-likeness (QED) is 0.624. The summed E-state index contributed by atoms with van der Waals surface area (Å²) in [4.78, 5) is 8.78. The molecule has 1 aromatic heterocycles. The van der Waals surface area contributed by atoms with Crippen molar-refractivity contribution >= 4 is 29.1 Å². The fraction of sp³-hybridized carbons (Fsp3) is 0.200. The lowest BCUT2D eigenvalue weighted by Gasteiger charge is -2.11. The van der Waals surface area contributed by atoms with Crippen molar-refractivity contribution in [3.63, 3.8) is 0 Å². The molecule has 0 saturated heterocycles. The molecule has 134 valence electrons. The van der Waals surface area contributed by atoms with Crippen LogP contribution in [0.25, 0.3) is 0 Å². The molecular formula is C20H21ClN4O. The third-order valence-corrected chi connectivity index (χ3v) is 4.47. The van der Waals surface area contributed by atoms with Gasteiger partial charge < -0.3 is 15.4 Å². The van der Waals surface area contributed by atoms with Crippen molar-refractivity contribution in [2.24, 2.45) is 0 Å². The largest absolute Gasteiger partial charge is 0.496 e. The maximum Gasteiger partial charge on any atom is 0.229 e. The summed E-state index contributed by atoms with van der Waals surface area (Å²) in [7, 11) is 1.69. The number of aromatic nitrogens is 2. The molecule has 26 heavy (non-hydrogen) atoms. The smallest absolute Gasteiger partial charge is 0.229 e. The molecule has 0 unspecified atom stereocenters. The van der Waals surface area contributed by atoms with Crippen molar-refractivity contribution in [1.82, 2.24) is 9.97 Å². The van der Waals surface area contributed by atoms with Gasteiger partial charge in [0.2, 0.25) is 5.95 Å². The Labute approximate surface area is 158 Å². The SMILES string of the molecule is COc1ccccc1CCNc1ccnc(Nc2cccc(Cl)c2C)n1. The highest BCUT2D eigenvalue weighted by Gasteiger charge is 2.06. The number of methoxy groups -OCH3 is 1. The molecule has 1 heterocycles. The minimum absolute atomic E-state index is 0.526. The maximum atomic E-state index is 6.16. The highest BCUT2D eigenvalue weighted by molar-refractivity contribution is 6.31. The summed E-state index contributed by atoms with van der Waals surface area (Å²) >= 11 is 6.16. The summed E-state index contributed by atoms with van der Waals surface area (Å²) in [5, 5.41) is 7.25. The van der Waals surface area contributed by atoms with Gasteiger partial charge in [-0.25, -0.2) is 4.98 Å². The van der Waals surface area contributed by atoms with Gasteiger partial charge in [-0.2, -0.15) is 4.98 Å². The van der Waals surface area contributed by atoms with Crippen molar-refractivity contribution in [3.8, 4) is 5.75 Å². The fourth-order valence-corrected chi connectivity index (χ4v) is 2.79. The molecule has 0 aliphatic heterocycles. The van der Waals surface area contributed by atoms with Crippen LogP contribution in [0.15, 0.2) is 54.7 Å². The fourth-order valence-electron chi connectivity index (χ4n) is 2.62. The summed E-state index contributed by atoms with van der Waals surface area (Å²) in [5.41, 5.74) is 3.01. The number of nitrogens with one attached hydrogen (secondary N) is 2. The number of halogens is 1. The number of benzene rings is 2. The Morgan fingerprint density at radius 3 is 2.77 bits per heavy atom. The van der Waals surface area contributed by atoms with E-state index in [0.29, 0.717) is 11.0 Å². The topological polar surface area (TPSA) is 59.1 Å². The third-order valence-electron chi connectivity index (χ3n) is 4.06. The van der Waals surface area contributed by atoms with Gasteiger partial charge in [0.05, 0.1) is 7.11 Å². The highest BCUT2D eigenvalue weighted by Crippen LogP contribution is 2.25. The van der Waals surface area contributed by atoms with E-state index in [1.165, 1.54) is 0 Å². The molecule has 2 aromatic carbocycles. The Balaban J connectivity index is 1.63. The summed E-state index contributed by atoms with van der Waals surface area (Å²) in [6.45, 7) is 2.70. The zero-order valence-electron chi connectivity index (χ0n) is 14.8. The van der Waals surface area contributed by atoms with E-state index in [0.717, 1.165) is 41.3 Å². The van der Waals surface area contributed by atoms with E-state index < -0.39 is 0 Å². The van der Waals surface area contributed by atoms with E-state index in [-0.39, 0.29) is 0 Å². The first kappa shape index (κ1) is 18.0. The Morgan fingerprint density at radius 2 is 1.92 bits per heavy atom. The number of ether oxygens (including phenoxy) is 1. The molecule has 3 aromatic rings. The zero-order chi connectivity index (χ0) is 18.4. The number of para-hydroxylation sites is 1. The monoisotopic (exact) mass is 368 g/mol. The first-order chi connectivity index (χ1) is 12.7. The van der Waals surface area contributed by atoms with Gasteiger partial charge in [0.1, 0.15) is 11.6 Å². The first-order valence-electron chi connectivity index (χ1n) is 8.38. The van der Waals surface area contributed by atoms with Crippen LogP contribution >= 0.6 is 11.6 Å². The number of rotatable bonds is 7. The Bertz CT molecular complexity index is 885. The van der Waals surface area contributed by atoms with Gasteiger partial charge in [-0.1, -0.05) is 35.9 Å². The molecule has 0 saturated carbocycles. The van der Waals surface area contributed by atoms with Crippen molar-refractivity contribution in [2.75, 3.05) is 24.3 Å². The van der Waals surface area contributed by atoms with Crippen LogP contribution < -0.4 is 15.4 Å². The number of anilines is 3. The lowest BCUT2D eigenvalue weighted by molar-refractivity contribution is 0.410. The van der Waals surface area contributed by atoms with Crippen LogP contribution in [0, 0.1) is 6.92 Å². The molecule has 0 radical (unpaired) electrons. The zero-order valence-corrected chi connectivity index (χ0v) is 15.5. The van der Waals surface area contributed by atoms with Crippen LogP contribution in [-0.4, -0.2) is 23.6 Å². The highest BCUT2D eigenvalue weighted by atomic mass is 35.5. The van der Waals surface area contributed by atoms with E-state index in [1.54, 1.807) is 13.3 Å². The minimum Gasteiger partial charge on any atom is -0.496 e. The van der Waals surface area contributed by atoms with Crippen LogP contribution in [0.1, 0.15) is 11.1 Å². The van der Waals surface area contributed by atoms with Gasteiger partial charge in [-0.05, 0) is 48.7 Å². The summed E-state index contributed by atoms with van der Waals surface area (Å²) < 4.78 is 5.38. The number of hydrogen-bond acceptors (Lipinski definition) is 5. The Kier molecular flexibility index (Phi) is 5.92. The van der Waals surface area contributed by atoms with Crippen LogP contribution in [0.5, 0.6) is 5.75 Å².